The zero-order valence-corrected chi connectivity index (χ0v) is 7.79. The van der Waals surface area contributed by atoms with Crippen molar-refractivity contribution in [2.45, 2.75) is 13.5 Å². The summed E-state index contributed by atoms with van der Waals surface area (Å²) in [5, 5.41) is 0. The third-order valence-corrected chi connectivity index (χ3v) is 1.75. The molecule has 1 heterocycles. The summed E-state index contributed by atoms with van der Waals surface area (Å²) >= 11 is 0. The van der Waals surface area contributed by atoms with Gasteiger partial charge >= 0.3 is 0 Å². The lowest BCUT2D eigenvalue weighted by Crippen LogP contribution is -2.02. The molecule has 0 spiro atoms. The minimum absolute atomic E-state index is 0.476. The molecule has 2 N–H and O–H groups in total. The predicted molar refractivity (Wildman–Crippen MR) is 52.8 cm³/mol. The Morgan fingerprint density at radius 3 is 3.08 bits per heavy atom. The van der Waals surface area contributed by atoms with Crippen molar-refractivity contribution in [1.82, 2.24) is 4.98 Å². The van der Waals surface area contributed by atoms with Crippen LogP contribution in [0.15, 0.2) is 25.0 Å². The van der Waals surface area contributed by atoms with Gasteiger partial charge in [0.15, 0.2) is 0 Å². The third-order valence-electron chi connectivity index (χ3n) is 1.75. The number of hydrogen-bond acceptors (Lipinski definition) is 3. The lowest BCUT2D eigenvalue weighted by molar-refractivity contribution is 0.298. The zero-order chi connectivity index (χ0) is 9.68. The summed E-state index contributed by atoms with van der Waals surface area (Å²) in [6.07, 6.45) is 3.44. The van der Waals surface area contributed by atoms with Crippen LogP contribution in [0.25, 0.3) is 5.76 Å². The van der Waals surface area contributed by atoms with Crippen LogP contribution in [0.4, 0.5) is 0 Å². The van der Waals surface area contributed by atoms with Gasteiger partial charge in [0.25, 0.3) is 0 Å². The first-order valence-electron chi connectivity index (χ1n) is 4.24. The van der Waals surface area contributed by atoms with Gasteiger partial charge in [-0.05, 0) is 18.6 Å². The Kier molecular flexibility index (Phi) is 3.46. The molecule has 1 aromatic heterocycles. The number of pyridine rings is 1. The van der Waals surface area contributed by atoms with Gasteiger partial charge in [-0.2, -0.15) is 0 Å². The van der Waals surface area contributed by atoms with E-state index in [4.69, 9.17) is 10.5 Å². The van der Waals surface area contributed by atoms with E-state index in [0.717, 1.165) is 11.1 Å². The maximum atomic E-state index is 5.56. The van der Waals surface area contributed by atoms with Crippen molar-refractivity contribution >= 4 is 5.76 Å². The predicted octanol–water partition coefficient (Wildman–Crippen LogP) is 1.55. The standard InChI is InChI=1S/C10H14N2O/c1-3-13-8(2)10-7-12-5-4-9(10)6-11/h4-5,7H,2-3,6,11H2,1H3. The van der Waals surface area contributed by atoms with E-state index in [0.29, 0.717) is 18.9 Å². The normalized spacial score (nSPS) is 9.69. The van der Waals surface area contributed by atoms with Crippen LogP contribution in [0.1, 0.15) is 18.1 Å². The van der Waals surface area contributed by atoms with E-state index in [2.05, 4.69) is 11.6 Å². The first-order valence-corrected chi connectivity index (χ1v) is 4.24. The first kappa shape index (κ1) is 9.74. The van der Waals surface area contributed by atoms with E-state index in [9.17, 15) is 0 Å². The van der Waals surface area contributed by atoms with Crippen LogP contribution >= 0.6 is 0 Å². The molecule has 1 aromatic rings. The highest BCUT2D eigenvalue weighted by Gasteiger charge is 2.04. The fourth-order valence-corrected chi connectivity index (χ4v) is 1.10. The average Bonchev–Trinajstić information content (AvgIpc) is 2.18. The Labute approximate surface area is 78.2 Å². The van der Waals surface area contributed by atoms with Gasteiger partial charge in [-0.15, -0.1) is 0 Å². The summed E-state index contributed by atoms with van der Waals surface area (Å²) in [4.78, 5) is 4.00. The molecule has 0 aliphatic rings. The highest BCUT2D eigenvalue weighted by molar-refractivity contribution is 5.59. The molecule has 13 heavy (non-hydrogen) atoms. The minimum atomic E-state index is 0.476. The highest BCUT2D eigenvalue weighted by Crippen LogP contribution is 2.16. The fraction of sp³-hybridized carbons (Fsp3) is 0.300. The fourth-order valence-electron chi connectivity index (χ4n) is 1.10. The Morgan fingerprint density at radius 1 is 1.69 bits per heavy atom. The molecule has 0 bridgehead atoms. The SMILES string of the molecule is C=C(OCC)c1cnccc1CN. The van der Waals surface area contributed by atoms with Gasteiger partial charge in [0.2, 0.25) is 0 Å². The summed E-state index contributed by atoms with van der Waals surface area (Å²) < 4.78 is 5.28. The Morgan fingerprint density at radius 2 is 2.46 bits per heavy atom. The van der Waals surface area contributed by atoms with Gasteiger partial charge in [-0.25, -0.2) is 0 Å². The van der Waals surface area contributed by atoms with E-state index in [1.54, 1.807) is 12.4 Å². The minimum Gasteiger partial charge on any atom is -0.494 e. The van der Waals surface area contributed by atoms with Crippen molar-refractivity contribution in [2.75, 3.05) is 6.61 Å². The number of nitrogens with zero attached hydrogens (tertiary/aromatic N) is 1. The topological polar surface area (TPSA) is 48.1 Å². The molecule has 0 saturated carbocycles. The van der Waals surface area contributed by atoms with Crippen LogP contribution in [0, 0.1) is 0 Å². The molecule has 3 heteroatoms. The number of aromatic nitrogens is 1. The van der Waals surface area contributed by atoms with E-state index < -0.39 is 0 Å². The molecule has 0 unspecified atom stereocenters. The smallest absolute Gasteiger partial charge is 0.121 e. The second-order valence-corrected chi connectivity index (χ2v) is 2.59. The van der Waals surface area contributed by atoms with Crippen LogP contribution < -0.4 is 5.73 Å². The van der Waals surface area contributed by atoms with Crippen LogP contribution in [0.5, 0.6) is 0 Å². The van der Waals surface area contributed by atoms with E-state index in [1.165, 1.54) is 0 Å². The lowest BCUT2D eigenvalue weighted by atomic mass is 10.1. The van der Waals surface area contributed by atoms with Gasteiger partial charge in [0.1, 0.15) is 5.76 Å². The maximum absolute atomic E-state index is 5.56. The summed E-state index contributed by atoms with van der Waals surface area (Å²) in [5.41, 5.74) is 7.46. The molecule has 1 rings (SSSR count). The second kappa shape index (κ2) is 4.62. The van der Waals surface area contributed by atoms with Crippen molar-refractivity contribution in [2.24, 2.45) is 5.73 Å². The zero-order valence-electron chi connectivity index (χ0n) is 7.79. The van der Waals surface area contributed by atoms with Crippen LogP contribution in [0.2, 0.25) is 0 Å². The molecular weight excluding hydrogens is 164 g/mol. The van der Waals surface area contributed by atoms with E-state index in [1.807, 2.05) is 13.0 Å². The summed E-state index contributed by atoms with van der Waals surface area (Å²) in [5.74, 6) is 0.635. The quantitative estimate of drug-likeness (QED) is 0.711. The first-order chi connectivity index (χ1) is 6.29. The third kappa shape index (κ3) is 2.29. The summed E-state index contributed by atoms with van der Waals surface area (Å²) in [7, 11) is 0. The molecule has 0 radical (unpaired) electrons. The molecule has 0 fully saturated rings. The molecular formula is C10H14N2O. The van der Waals surface area contributed by atoms with Crippen LogP contribution in [-0.4, -0.2) is 11.6 Å². The molecule has 0 saturated heterocycles. The van der Waals surface area contributed by atoms with Crippen LogP contribution in [-0.2, 0) is 11.3 Å². The van der Waals surface area contributed by atoms with Crippen molar-refractivity contribution in [1.29, 1.82) is 0 Å². The molecule has 0 aromatic carbocycles. The lowest BCUT2D eigenvalue weighted by Gasteiger charge is -2.09. The summed E-state index contributed by atoms with van der Waals surface area (Å²) in [6, 6.07) is 1.87. The number of rotatable bonds is 4. The average molecular weight is 178 g/mol. The molecule has 0 amide bonds. The van der Waals surface area contributed by atoms with Crippen molar-refractivity contribution in [3.8, 4) is 0 Å². The number of ether oxygens (including phenoxy) is 1. The van der Waals surface area contributed by atoms with Gasteiger partial charge in [-0.3, -0.25) is 4.98 Å². The molecule has 0 aliphatic heterocycles. The maximum Gasteiger partial charge on any atom is 0.121 e. The number of nitrogens with two attached hydrogens (primary N) is 1. The Balaban J connectivity index is 2.92. The van der Waals surface area contributed by atoms with Crippen molar-refractivity contribution in [3.05, 3.63) is 36.2 Å². The number of hydrogen-bond donors (Lipinski definition) is 1. The van der Waals surface area contributed by atoms with E-state index in [-0.39, 0.29) is 0 Å². The summed E-state index contributed by atoms with van der Waals surface area (Å²) in [6.45, 7) is 6.81. The van der Waals surface area contributed by atoms with Gasteiger partial charge in [0, 0.05) is 24.5 Å². The van der Waals surface area contributed by atoms with Gasteiger partial charge in [-0.1, -0.05) is 6.58 Å². The van der Waals surface area contributed by atoms with Crippen molar-refractivity contribution < 1.29 is 4.74 Å². The second-order valence-electron chi connectivity index (χ2n) is 2.59. The monoisotopic (exact) mass is 178 g/mol. The highest BCUT2D eigenvalue weighted by atomic mass is 16.5. The van der Waals surface area contributed by atoms with Crippen LogP contribution in [0.3, 0.4) is 0 Å². The van der Waals surface area contributed by atoms with Gasteiger partial charge in [0.05, 0.1) is 6.61 Å². The molecule has 3 nitrogen and oxygen atoms in total. The molecule has 0 aliphatic carbocycles. The molecule has 70 valence electrons. The van der Waals surface area contributed by atoms with E-state index >= 15 is 0 Å². The Bertz CT molecular complexity index is 297. The van der Waals surface area contributed by atoms with Crippen molar-refractivity contribution in [3.63, 3.8) is 0 Å². The van der Waals surface area contributed by atoms with Gasteiger partial charge < -0.3 is 10.5 Å². The Hall–Kier alpha value is -1.35. The largest absolute Gasteiger partial charge is 0.494 e. The molecule has 0 atom stereocenters.